The Kier molecular flexibility index (Phi) is 3.18. The van der Waals surface area contributed by atoms with Crippen LogP contribution in [0.4, 0.5) is 0 Å². The molecule has 2 heteroatoms. The molecular weight excluding hydrogens is 184 g/mol. The van der Waals surface area contributed by atoms with E-state index in [4.69, 9.17) is 0 Å². The van der Waals surface area contributed by atoms with E-state index in [0.29, 0.717) is 0 Å². The minimum absolute atomic E-state index is 0.945. The number of amidine groups is 1. The van der Waals surface area contributed by atoms with Crippen LogP contribution in [-0.4, -0.2) is 18.9 Å². The van der Waals surface area contributed by atoms with Crippen LogP contribution >= 0.6 is 0 Å². The molecule has 1 N–H and O–H groups in total. The van der Waals surface area contributed by atoms with Crippen molar-refractivity contribution in [2.24, 2.45) is 4.99 Å². The van der Waals surface area contributed by atoms with Crippen LogP contribution < -0.4 is 5.32 Å². The molecule has 78 valence electrons. The predicted octanol–water partition coefficient (Wildman–Crippen LogP) is 2.40. The molecule has 0 saturated carbocycles. The van der Waals surface area contributed by atoms with Gasteiger partial charge in [0.25, 0.3) is 0 Å². The molecule has 2 nitrogen and oxygen atoms in total. The summed E-state index contributed by atoms with van der Waals surface area (Å²) in [4.78, 5) is 4.39. The molecule has 0 bridgehead atoms. The third-order valence-electron chi connectivity index (χ3n) is 2.53. The fourth-order valence-corrected chi connectivity index (χ4v) is 1.61. The quantitative estimate of drug-likeness (QED) is 0.779. The maximum absolute atomic E-state index is 4.39. The van der Waals surface area contributed by atoms with Crippen LogP contribution in [0.3, 0.4) is 0 Å². The van der Waals surface area contributed by atoms with Crippen molar-refractivity contribution in [1.29, 1.82) is 0 Å². The number of rotatable bonds is 2. The van der Waals surface area contributed by atoms with E-state index in [1.165, 1.54) is 11.1 Å². The molecule has 0 unspecified atom stereocenters. The van der Waals surface area contributed by atoms with Crippen molar-refractivity contribution in [3.8, 4) is 0 Å². The molecular formula is C13H16N2. The lowest BCUT2D eigenvalue weighted by Crippen LogP contribution is -2.27. The van der Waals surface area contributed by atoms with Crippen LogP contribution in [0.15, 0.2) is 35.3 Å². The summed E-state index contributed by atoms with van der Waals surface area (Å²) in [5.41, 5.74) is 2.55. The molecule has 0 fully saturated rings. The monoisotopic (exact) mass is 200 g/mol. The zero-order valence-electron chi connectivity index (χ0n) is 9.03. The van der Waals surface area contributed by atoms with Crippen molar-refractivity contribution in [3.05, 3.63) is 41.5 Å². The molecule has 2 rings (SSSR count). The van der Waals surface area contributed by atoms with Gasteiger partial charge in [-0.25, -0.2) is 0 Å². The van der Waals surface area contributed by atoms with E-state index in [1.54, 1.807) is 0 Å². The van der Waals surface area contributed by atoms with Gasteiger partial charge in [-0.1, -0.05) is 30.3 Å². The van der Waals surface area contributed by atoms with Gasteiger partial charge in [-0.3, -0.25) is 4.99 Å². The van der Waals surface area contributed by atoms with Crippen LogP contribution in [0, 0.1) is 6.92 Å². The Morgan fingerprint density at radius 3 is 2.87 bits per heavy atom. The van der Waals surface area contributed by atoms with Crippen molar-refractivity contribution < 1.29 is 0 Å². The molecule has 0 radical (unpaired) electrons. The van der Waals surface area contributed by atoms with E-state index in [0.717, 1.165) is 25.3 Å². The number of nitrogens with zero attached hydrogens (tertiary/aromatic N) is 1. The second kappa shape index (κ2) is 4.78. The normalized spacial score (nSPS) is 16.2. The van der Waals surface area contributed by atoms with E-state index in [-0.39, 0.29) is 0 Å². The fourth-order valence-electron chi connectivity index (χ4n) is 1.61. The van der Waals surface area contributed by atoms with Crippen molar-refractivity contribution in [2.45, 2.75) is 13.3 Å². The highest BCUT2D eigenvalue weighted by Gasteiger charge is 1.99. The second-order valence-corrected chi connectivity index (χ2v) is 3.74. The molecule has 1 aromatic carbocycles. The highest BCUT2D eigenvalue weighted by atomic mass is 15.0. The van der Waals surface area contributed by atoms with Crippen LogP contribution in [0.25, 0.3) is 6.08 Å². The number of hydrogen-bond donors (Lipinski definition) is 1. The van der Waals surface area contributed by atoms with E-state index >= 15 is 0 Å². The number of hydrogen-bond acceptors (Lipinski definition) is 2. The first-order chi connectivity index (χ1) is 7.36. The summed E-state index contributed by atoms with van der Waals surface area (Å²) < 4.78 is 0. The van der Waals surface area contributed by atoms with Crippen molar-refractivity contribution in [1.82, 2.24) is 5.32 Å². The van der Waals surface area contributed by atoms with Crippen LogP contribution in [-0.2, 0) is 0 Å². The van der Waals surface area contributed by atoms with Gasteiger partial charge in [-0.15, -0.1) is 0 Å². The summed E-state index contributed by atoms with van der Waals surface area (Å²) in [7, 11) is 0. The molecule has 0 amide bonds. The van der Waals surface area contributed by atoms with Gasteiger partial charge >= 0.3 is 0 Å². The smallest absolute Gasteiger partial charge is 0.120 e. The molecule has 0 aliphatic carbocycles. The summed E-state index contributed by atoms with van der Waals surface area (Å²) in [5.74, 6) is 1.00. The van der Waals surface area contributed by atoms with Gasteiger partial charge in [0.1, 0.15) is 5.84 Å². The summed E-state index contributed by atoms with van der Waals surface area (Å²) in [6.07, 6.45) is 5.32. The lowest BCUT2D eigenvalue weighted by atomic mass is 10.1. The van der Waals surface area contributed by atoms with Crippen LogP contribution in [0.5, 0.6) is 0 Å². The van der Waals surface area contributed by atoms with Gasteiger partial charge in [-0.05, 0) is 30.5 Å². The molecule has 15 heavy (non-hydrogen) atoms. The first-order valence-corrected chi connectivity index (χ1v) is 5.38. The molecule has 0 atom stereocenters. The Hall–Kier alpha value is -1.57. The first-order valence-electron chi connectivity index (χ1n) is 5.38. The van der Waals surface area contributed by atoms with Crippen molar-refractivity contribution >= 4 is 11.9 Å². The molecule has 1 aliphatic rings. The molecule has 1 heterocycles. The van der Waals surface area contributed by atoms with Gasteiger partial charge < -0.3 is 5.32 Å². The SMILES string of the molecule is Cc1ccccc1/C=C/C1=NCCCN1. The van der Waals surface area contributed by atoms with E-state index in [2.05, 4.69) is 53.7 Å². The molecule has 0 saturated heterocycles. The topological polar surface area (TPSA) is 24.4 Å². The zero-order chi connectivity index (χ0) is 10.5. The predicted molar refractivity (Wildman–Crippen MR) is 65.1 cm³/mol. The van der Waals surface area contributed by atoms with Gasteiger partial charge in [0.2, 0.25) is 0 Å². The lowest BCUT2D eigenvalue weighted by molar-refractivity contribution is 0.745. The van der Waals surface area contributed by atoms with Crippen molar-refractivity contribution in [2.75, 3.05) is 13.1 Å². The van der Waals surface area contributed by atoms with Crippen molar-refractivity contribution in [3.63, 3.8) is 0 Å². The minimum atomic E-state index is 0.945. The first kappa shape index (κ1) is 9.97. The molecule has 1 aromatic rings. The average molecular weight is 200 g/mol. The van der Waals surface area contributed by atoms with Gasteiger partial charge in [0.15, 0.2) is 0 Å². The van der Waals surface area contributed by atoms with Crippen LogP contribution in [0.1, 0.15) is 17.5 Å². The number of nitrogens with one attached hydrogen (secondary N) is 1. The third kappa shape index (κ3) is 2.69. The average Bonchev–Trinajstić information content (AvgIpc) is 2.29. The summed E-state index contributed by atoms with van der Waals surface area (Å²) in [5, 5.41) is 3.27. The molecule has 0 spiro atoms. The zero-order valence-corrected chi connectivity index (χ0v) is 9.03. The maximum Gasteiger partial charge on any atom is 0.120 e. The number of aryl methyl sites for hydroxylation is 1. The Morgan fingerprint density at radius 2 is 2.13 bits per heavy atom. The Morgan fingerprint density at radius 1 is 1.27 bits per heavy atom. The summed E-state index contributed by atoms with van der Waals surface area (Å²) in [6, 6.07) is 8.36. The fraction of sp³-hybridized carbons (Fsp3) is 0.308. The summed E-state index contributed by atoms with van der Waals surface area (Å²) in [6.45, 7) is 4.10. The molecule has 1 aliphatic heterocycles. The Bertz CT molecular complexity index is 391. The van der Waals surface area contributed by atoms with E-state index in [9.17, 15) is 0 Å². The van der Waals surface area contributed by atoms with E-state index in [1.807, 2.05) is 0 Å². The second-order valence-electron chi connectivity index (χ2n) is 3.74. The minimum Gasteiger partial charge on any atom is -0.370 e. The highest BCUT2D eigenvalue weighted by molar-refractivity contribution is 5.96. The Balaban J connectivity index is 2.11. The Labute approximate surface area is 90.7 Å². The van der Waals surface area contributed by atoms with Crippen LogP contribution in [0.2, 0.25) is 0 Å². The van der Waals surface area contributed by atoms with Gasteiger partial charge in [-0.2, -0.15) is 0 Å². The van der Waals surface area contributed by atoms with E-state index < -0.39 is 0 Å². The van der Waals surface area contributed by atoms with Gasteiger partial charge in [0, 0.05) is 13.1 Å². The standard InChI is InChI=1S/C13H16N2/c1-11-5-2-3-6-12(11)7-8-13-14-9-4-10-15-13/h2-3,5-8H,4,9-10H2,1H3,(H,14,15)/b8-7+. The lowest BCUT2D eigenvalue weighted by Gasteiger charge is -2.10. The number of aliphatic imine (C=N–C) groups is 1. The molecule has 0 aromatic heterocycles. The largest absolute Gasteiger partial charge is 0.370 e. The maximum atomic E-state index is 4.39. The third-order valence-corrected chi connectivity index (χ3v) is 2.53. The number of benzene rings is 1. The highest BCUT2D eigenvalue weighted by Crippen LogP contribution is 2.08. The summed E-state index contributed by atoms with van der Waals surface area (Å²) >= 11 is 0. The van der Waals surface area contributed by atoms with Gasteiger partial charge in [0.05, 0.1) is 0 Å².